The molecule has 0 saturated carbocycles. The van der Waals surface area contributed by atoms with Crippen LogP contribution in [0.15, 0.2) is 33.6 Å². The fraction of sp³-hybridized carbons (Fsp3) is 0.562. The number of benzene rings is 1. The Hall–Kier alpha value is -0.960. The van der Waals surface area contributed by atoms with E-state index < -0.39 is 10.0 Å². The van der Waals surface area contributed by atoms with Crippen LogP contribution < -0.4 is 0 Å². The molecule has 2 saturated heterocycles. The Labute approximate surface area is 150 Å². The molecule has 6 nitrogen and oxygen atoms in total. The Bertz CT molecular complexity index is 687. The number of carbonyl (C=O) groups is 1. The van der Waals surface area contributed by atoms with E-state index in [1.165, 1.54) is 4.31 Å². The molecule has 0 N–H and O–H groups in total. The summed E-state index contributed by atoms with van der Waals surface area (Å²) in [7, 11) is -3.56. The van der Waals surface area contributed by atoms with E-state index in [9.17, 15) is 13.2 Å². The fourth-order valence-corrected chi connectivity index (χ4v) is 4.95. The van der Waals surface area contributed by atoms with Gasteiger partial charge in [-0.3, -0.25) is 4.79 Å². The molecule has 3 rings (SSSR count). The number of piperidine rings is 1. The highest BCUT2D eigenvalue weighted by atomic mass is 79.9. The second-order valence-electron chi connectivity index (χ2n) is 6.09. The van der Waals surface area contributed by atoms with Crippen molar-refractivity contribution in [3.05, 3.63) is 28.7 Å². The van der Waals surface area contributed by atoms with Crippen molar-refractivity contribution < 1.29 is 17.9 Å². The molecule has 0 aliphatic carbocycles. The lowest BCUT2D eigenvalue weighted by Gasteiger charge is -2.35. The largest absolute Gasteiger partial charge is 0.378 e. The maximum absolute atomic E-state index is 12.8. The van der Waals surface area contributed by atoms with Crippen LogP contribution in [0.3, 0.4) is 0 Å². The van der Waals surface area contributed by atoms with Gasteiger partial charge >= 0.3 is 0 Å². The minimum Gasteiger partial charge on any atom is -0.378 e. The van der Waals surface area contributed by atoms with Crippen molar-refractivity contribution in [2.75, 3.05) is 39.4 Å². The van der Waals surface area contributed by atoms with Crippen molar-refractivity contribution in [3.63, 3.8) is 0 Å². The van der Waals surface area contributed by atoms with Crippen molar-refractivity contribution in [2.45, 2.75) is 17.7 Å². The first kappa shape index (κ1) is 17.8. The minimum absolute atomic E-state index is 0.0500. The van der Waals surface area contributed by atoms with Gasteiger partial charge in [0.05, 0.1) is 24.0 Å². The van der Waals surface area contributed by atoms with E-state index in [2.05, 4.69) is 15.9 Å². The molecule has 1 aromatic rings. The topological polar surface area (TPSA) is 66.9 Å². The first-order chi connectivity index (χ1) is 11.5. The van der Waals surface area contributed by atoms with Crippen LogP contribution in [-0.2, 0) is 19.6 Å². The fourth-order valence-electron chi connectivity index (χ4n) is 3.16. The van der Waals surface area contributed by atoms with Crippen molar-refractivity contribution in [3.8, 4) is 0 Å². The summed E-state index contributed by atoms with van der Waals surface area (Å²) < 4.78 is 33.2. The monoisotopic (exact) mass is 416 g/mol. The number of rotatable bonds is 3. The van der Waals surface area contributed by atoms with Gasteiger partial charge in [-0.25, -0.2) is 8.42 Å². The van der Waals surface area contributed by atoms with Crippen molar-refractivity contribution >= 4 is 31.9 Å². The quantitative estimate of drug-likeness (QED) is 0.751. The third kappa shape index (κ3) is 3.82. The molecule has 1 amide bonds. The number of halogens is 1. The number of sulfonamides is 1. The predicted octanol–water partition coefficient (Wildman–Crippen LogP) is 1.71. The van der Waals surface area contributed by atoms with Gasteiger partial charge in [0.15, 0.2) is 0 Å². The molecular formula is C16H21BrN2O4S. The Morgan fingerprint density at radius 1 is 1.12 bits per heavy atom. The van der Waals surface area contributed by atoms with Crippen LogP contribution in [0.1, 0.15) is 12.8 Å². The van der Waals surface area contributed by atoms with Gasteiger partial charge in [0, 0.05) is 30.7 Å². The average molecular weight is 417 g/mol. The van der Waals surface area contributed by atoms with Crippen LogP contribution in [0.5, 0.6) is 0 Å². The smallest absolute Gasteiger partial charge is 0.243 e. The normalized spacial score (nSPS) is 23.2. The van der Waals surface area contributed by atoms with E-state index in [1.807, 2.05) is 0 Å². The van der Waals surface area contributed by atoms with Gasteiger partial charge in [-0.15, -0.1) is 0 Å². The zero-order valence-corrected chi connectivity index (χ0v) is 15.8. The highest BCUT2D eigenvalue weighted by molar-refractivity contribution is 9.10. The number of hydrogen-bond donors (Lipinski definition) is 0. The van der Waals surface area contributed by atoms with Gasteiger partial charge in [0.1, 0.15) is 0 Å². The molecule has 0 radical (unpaired) electrons. The first-order valence-electron chi connectivity index (χ1n) is 8.11. The van der Waals surface area contributed by atoms with Gasteiger partial charge < -0.3 is 9.64 Å². The zero-order chi connectivity index (χ0) is 17.2. The lowest BCUT2D eigenvalue weighted by molar-refractivity contribution is -0.140. The summed E-state index contributed by atoms with van der Waals surface area (Å²) in [4.78, 5) is 14.7. The van der Waals surface area contributed by atoms with Crippen LogP contribution in [0, 0.1) is 5.92 Å². The first-order valence-corrected chi connectivity index (χ1v) is 10.3. The predicted molar refractivity (Wildman–Crippen MR) is 93.0 cm³/mol. The molecule has 0 unspecified atom stereocenters. The molecule has 2 fully saturated rings. The van der Waals surface area contributed by atoms with Crippen LogP contribution in [0.25, 0.3) is 0 Å². The molecule has 132 valence electrons. The maximum atomic E-state index is 12.8. The van der Waals surface area contributed by atoms with E-state index in [1.54, 1.807) is 29.2 Å². The molecule has 0 bridgehead atoms. The van der Waals surface area contributed by atoms with Gasteiger partial charge in [-0.2, -0.15) is 4.31 Å². The molecular weight excluding hydrogens is 396 g/mol. The van der Waals surface area contributed by atoms with E-state index in [-0.39, 0.29) is 23.3 Å². The summed E-state index contributed by atoms with van der Waals surface area (Å²) in [5.74, 6) is -0.212. The molecule has 24 heavy (non-hydrogen) atoms. The average Bonchev–Trinajstić information content (AvgIpc) is 2.62. The van der Waals surface area contributed by atoms with E-state index in [0.29, 0.717) is 39.3 Å². The van der Waals surface area contributed by atoms with Crippen molar-refractivity contribution in [1.29, 1.82) is 0 Å². The Morgan fingerprint density at radius 3 is 2.46 bits per heavy atom. The van der Waals surface area contributed by atoms with Gasteiger partial charge in [0.25, 0.3) is 0 Å². The van der Waals surface area contributed by atoms with Crippen LogP contribution in [0.4, 0.5) is 0 Å². The standard InChI is InChI=1S/C16H21BrN2O4S/c17-14-3-5-15(6-4-14)24(21,22)19-7-1-2-13(12-19)16(20)18-8-10-23-11-9-18/h3-6,13H,1-2,7-12H2/t13-/m1/s1. The highest BCUT2D eigenvalue weighted by Gasteiger charge is 2.35. The van der Waals surface area contributed by atoms with E-state index in [4.69, 9.17) is 4.74 Å². The second kappa shape index (κ2) is 7.51. The second-order valence-corrected chi connectivity index (χ2v) is 8.95. The number of carbonyl (C=O) groups excluding carboxylic acids is 1. The Morgan fingerprint density at radius 2 is 1.79 bits per heavy atom. The molecule has 2 heterocycles. The van der Waals surface area contributed by atoms with Crippen molar-refractivity contribution in [2.24, 2.45) is 5.92 Å². The molecule has 0 spiro atoms. The zero-order valence-electron chi connectivity index (χ0n) is 13.4. The molecule has 2 aliphatic heterocycles. The summed E-state index contributed by atoms with van der Waals surface area (Å²) in [6, 6.07) is 6.61. The van der Waals surface area contributed by atoms with Gasteiger partial charge in [-0.1, -0.05) is 15.9 Å². The molecule has 0 aromatic heterocycles. The van der Waals surface area contributed by atoms with Crippen molar-refractivity contribution in [1.82, 2.24) is 9.21 Å². The Kier molecular flexibility index (Phi) is 5.59. The minimum atomic E-state index is -3.56. The number of morpholine rings is 1. The van der Waals surface area contributed by atoms with Gasteiger partial charge in [-0.05, 0) is 37.1 Å². The van der Waals surface area contributed by atoms with E-state index >= 15 is 0 Å². The van der Waals surface area contributed by atoms with E-state index in [0.717, 1.165) is 10.9 Å². The SMILES string of the molecule is O=C([C@@H]1CCCN(S(=O)(=O)c2ccc(Br)cc2)C1)N1CCOCC1. The Balaban J connectivity index is 1.72. The van der Waals surface area contributed by atoms with Crippen LogP contribution in [-0.4, -0.2) is 62.9 Å². The molecule has 8 heteroatoms. The summed E-state index contributed by atoms with van der Waals surface area (Å²) in [6.45, 7) is 3.02. The molecule has 2 aliphatic rings. The lowest BCUT2D eigenvalue weighted by Crippen LogP contribution is -2.49. The van der Waals surface area contributed by atoms with Crippen LogP contribution >= 0.6 is 15.9 Å². The summed E-state index contributed by atoms with van der Waals surface area (Å²) in [6.07, 6.45) is 1.44. The maximum Gasteiger partial charge on any atom is 0.243 e. The number of hydrogen-bond acceptors (Lipinski definition) is 4. The summed E-state index contributed by atoms with van der Waals surface area (Å²) >= 11 is 3.31. The number of nitrogens with zero attached hydrogens (tertiary/aromatic N) is 2. The molecule has 1 aromatic carbocycles. The van der Waals surface area contributed by atoms with Crippen LogP contribution in [0.2, 0.25) is 0 Å². The summed E-state index contributed by atoms with van der Waals surface area (Å²) in [5.41, 5.74) is 0. The van der Waals surface area contributed by atoms with Gasteiger partial charge in [0.2, 0.25) is 15.9 Å². The lowest BCUT2D eigenvalue weighted by atomic mass is 9.98. The third-order valence-corrected chi connectivity index (χ3v) is 6.92. The third-order valence-electron chi connectivity index (χ3n) is 4.51. The number of amides is 1. The summed E-state index contributed by atoms with van der Waals surface area (Å²) in [5, 5.41) is 0. The highest BCUT2D eigenvalue weighted by Crippen LogP contribution is 2.26. The molecule has 1 atom stereocenters. The number of ether oxygens (including phenoxy) is 1.